The molecule has 3 N–H and O–H groups in total. The Morgan fingerprint density at radius 1 is 1.32 bits per heavy atom. The third-order valence-electron chi connectivity index (χ3n) is 2.42. The molecule has 19 heavy (non-hydrogen) atoms. The Kier molecular flexibility index (Phi) is 12.2. The summed E-state index contributed by atoms with van der Waals surface area (Å²) in [6.07, 6.45) is 4.07. The van der Waals surface area contributed by atoms with E-state index in [1.807, 2.05) is 13.2 Å². The maximum absolute atomic E-state index is 8.63. The Balaban J connectivity index is 3.72. The molecule has 0 aliphatic rings. The molecule has 0 spiro atoms. The minimum Gasteiger partial charge on any atom is -0.378 e. The van der Waals surface area contributed by atoms with Crippen LogP contribution in [0.1, 0.15) is 26.7 Å². The van der Waals surface area contributed by atoms with Gasteiger partial charge < -0.3 is 15.4 Å². The summed E-state index contributed by atoms with van der Waals surface area (Å²) in [6, 6.07) is 0. The molecule has 6 heteroatoms. The summed E-state index contributed by atoms with van der Waals surface area (Å²) < 4.78 is 5.37. The predicted molar refractivity (Wildman–Crippen MR) is 77.9 cm³/mol. The number of nitrogens with zero attached hydrogens (tertiary/aromatic N) is 2. The Hall–Kier alpha value is -1.32. The van der Waals surface area contributed by atoms with Crippen molar-refractivity contribution >= 4 is 5.96 Å². The molecule has 0 rings (SSSR count). The smallest absolute Gasteiger partial charge is 0.204 e. The summed E-state index contributed by atoms with van der Waals surface area (Å²) in [5, 5.41) is 17.2. The van der Waals surface area contributed by atoms with Crippen molar-refractivity contribution in [3.05, 3.63) is 0 Å². The van der Waals surface area contributed by atoms with Crippen molar-refractivity contribution in [2.24, 2.45) is 10.9 Å². The van der Waals surface area contributed by atoms with Gasteiger partial charge in [0.15, 0.2) is 6.19 Å². The van der Waals surface area contributed by atoms with E-state index in [-0.39, 0.29) is 0 Å². The summed E-state index contributed by atoms with van der Waals surface area (Å²) in [7, 11) is 1.89. The Labute approximate surface area is 116 Å². The highest BCUT2D eigenvalue weighted by atomic mass is 16.5. The monoisotopic (exact) mass is 269 g/mol. The lowest BCUT2D eigenvalue weighted by Crippen LogP contribution is -2.37. The molecule has 0 aromatic heterocycles. The first-order valence-electron chi connectivity index (χ1n) is 6.86. The first-order chi connectivity index (χ1) is 9.20. The second-order valence-corrected chi connectivity index (χ2v) is 4.65. The zero-order valence-electron chi connectivity index (χ0n) is 12.3. The summed E-state index contributed by atoms with van der Waals surface area (Å²) >= 11 is 0. The number of likely N-dealkylation sites (N-methyl/N-ethyl adjacent to an activating group) is 1. The molecular weight excluding hydrogens is 242 g/mol. The molecule has 0 aromatic carbocycles. The van der Waals surface area contributed by atoms with Gasteiger partial charge in [0.1, 0.15) is 0 Å². The van der Waals surface area contributed by atoms with Crippen LogP contribution in [0.2, 0.25) is 0 Å². The second-order valence-electron chi connectivity index (χ2n) is 4.65. The lowest BCUT2D eigenvalue weighted by molar-refractivity contribution is 0.142. The average molecular weight is 269 g/mol. The van der Waals surface area contributed by atoms with Gasteiger partial charge >= 0.3 is 0 Å². The molecular formula is C13H27N5O. The van der Waals surface area contributed by atoms with Gasteiger partial charge in [0.2, 0.25) is 5.96 Å². The molecule has 6 nitrogen and oxygen atoms in total. The largest absolute Gasteiger partial charge is 0.378 e. The van der Waals surface area contributed by atoms with E-state index in [2.05, 4.69) is 34.8 Å². The van der Waals surface area contributed by atoms with Gasteiger partial charge in [-0.1, -0.05) is 13.8 Å². The maximum atomic E-state index is 8.63. The Morgan fingerprint density at radius 2 is 2.05 bits per heavy atom. The number of aliphatic imine (C=N–C) groups is 1. The highest BCUT2D eigenvalue weighted by Crippen LogP contribution is 2.02. The molecule has 0 aliphatic carbocycles. The fourth-order valence-corrected chi connectivity index (χ4v) is 1.40. The number of nitriles is 1. The van der Waals surface area contributed by atoms with E-state index in [4.69, 9.17) is 10.00 Å². The van der Waals surface area contributed by atoms with E-state index in [1.54, 1.807) is 0 Å². The van der Waals surface area contributed by atoms with E-state index < -0.39 is 0 Å². The van der Waals surface area contributed by atoms with Crippen LogP contribution >= 0.6 is 0 Å². The standard InChI is InChI=1S/C13H27N5O/c1-12(2)5-4-6-16-13(18-11-14)17-8-10-19-9-7-15-3/h12,15H,4-10H2,1-3H3,(H2,16,17,18). The van der Waals surface area contributed by atoms with Crippen molar-refractivity contribution in [3.8, 4) is 6.19 Å². The quantitative estimate of drug-likeness (QED) is 0.179. The van der Waals surface area contributed by atoms with Crippen molar-refractivity contribution in [3.63, 3.8) is 0 Å². The van der Waals surface area contributed by atoms with Crippen molar-refractivity contribution in [1.82, 2.24) is 16.0 Å². The number of nitrogens with one attached hydrogen (secondary N) is 3. The number of guanidine groups is 1. The summed E-state index contributed by atoms with van der Waals surface area (Å²) in [5.74, 6) is 1.22. The molecule has 0 saturated heterocycles. The van der Waals surface area contributed by atoms with Crippen LogP contribution in [0, 0.1) is 17.4 Å². The summed E-state index contributed by atoms with van der Waals surface area (Å²) in [4.78, 5) is 4.32. The molecule has 110 valence electrons. The molecule has 0 amide bonds. The van der Waals surface area contributed by atoms with Crippen LogP contribution in [0.15, 0.2) is 4.99 Å². The van der Waals surface area contributed by atoms with E-state index in [1.165, 1.54) is 0 Å². The van der Waals surface area contributed by atoms with Gasteiger partial charge in [0.05, 0.1) is 13.2 Å². The van der Waals surface area contributed by atoms with E-state index >= 15 is 0 Å². The highest BCUT2D eigenvalue weighted by Gasteiger charge is 1.97. The van der Waals surface area contributed by atoms with Crippen LogP contribution in [0.4, 0.5) is 0 Å². The van der Waals surface area contributed by atoms with Crippen LogP contribution < -0.4 is 16.0 Å². The number of hydrogen-bond acceptors (Lipinski definition) is 4. The minimum atomic E-state index is 0.531. The summed E-state index contributed by atoms with van der Waals surface area (Å²) in [5.41, 5.74) is 0. The highest BCUT2D eigenvalue weighted by molar-refractivity contribution is 5.81. The number of hydrogen-bond donors (Lipinski definition) is 3. The van der Waals surface area contributed by atoms with Crippen LogP contribution in [0.25, 0.3) is 0 Å². The van der Waals surface area contributed by atoms with E-state index in [0.717, 1.165) is 25.9 Å². The van der Waals surface area contributed by atoms with Crippen LogP contribution in [-0.4, -0.2) is 45.9 Å². The van der Waals surface area contributed by atoms with Gasteiger partial charge in [-0.25, -0.2) is 0 Å². The molecule has 0 aliphatic heterocycles. The first kappa shape index (κ1) is 17.7. The zero-order chi connectivity index (χ0) is 14.3. The second kappa shape index (κ2) is 13.1. The van der Waals surface area contributed by atoms with Gasteiger partial charge in [0.25, 0.3) is 0 Å². The van der Waals surface area contributed by atoms with Crippen LogP contribution in [-0.2, 0) is 4.74 Å². The van der Waals surface area contributed by atoms with Crippen molar-refractivity contribution < 1.29 is 4.74 Å². The zero-order valence-corrected chi connectivity index (χ0v) is 12.3. The molecule has 0 atom stereocenters. The third-order valence-corrected chi connectivity index (χ3v) is 2.42. The lowest BCUT2D eigenvalue weighted by Gasteiger charge is -2.09. The molecule has 0 aromatic rings. The molecule has 0 fully saturated rings. The Bertz CT molecular complexity index is 273. The van der Waals surface area contributed by atoms with Gasteiger partial charge in [-0.05, 0) is 25.8 Å². The molecule has 0 saturated carbocycles. The van der Waals surface area contributed by atoms with Crippen molar-refractivity contribution in [2.75, 3.05) is 39.9 Å². The minimum absolute atomic E-state index is 0.531. The molecule has 0 bridgehead atoms. The normalized spacial score (nSPS) is 11.4. The van der Waals surface area contributed by atoms with Gasteiger partial charge in [-0.2, -0.15) is 5.26 Å². The number of ether oxygens (including phenoxy) is 1. The van der Waals surface area contributed by atoms with Gasteiger partial charge in [0, 0.05) is 19.6 Å². The van der Waals surface area contributed by atoms with E-state index in [9.17, 15) is 0 Å². The average Bonchev–Trinajstić information content (AvgIpc) is 2.38. The molecule has 0 unspecified atom stereocenters. The van der Waals surface area contributed by atoms with Crippen molar-refractivity contribution in [2.45, 2.75) is 26.7 Å². The van der Waals surface area contributed by atoms with Crippen LogP contribution in [0.5, 0.6) is 0 Å². The maximum Gasteiger partial charge on any atom is 0.204 e. The number of rotatable bonds is 10. The topological polar surface area (TPSA) is 81.5 Å². The third kappa shape index (κ3) is 12.9. The van der Waals surface area contributed by atoms with Gasteiger partial charge in [-0.3, -0.25) is 10.3 Å². The predicted octanol–water partition coefficient (Wildman–Crippen LogP) is 0.675. The van der Waals surface area contributed by atoms with Crippen molar-refractivity contribution in [1.29, 1.82) is 5.26 Å². The van der Waals surface area contributed by atoms with Crippen LogP contribution in [0.3, 0.4) is 0 Å². The van der Waals surface area contributed by atoms with E-state index in [0.29, 0.717) is 31.6 Å². The first-order valence-corrected chi connectivity index (χ1v) is 6.86. The molecule has 0 radical (unpaired) electrons. The lowest BCUT2D eigenvalue weighted by atomic mass is 10.1. The van der Waals surface area contributed by atoms with Gasteiger partial charge in [-0.15, -0.1) is 0 Å². The Morgan fingerprint density at radius 3 is 2.68 bits per heavy atom. The summed E-state index contributed by atoms with van der Waals surface area (Å²) in [6.45, 7) is 7.88. The SMILES string of the molecule is CNCCOCCNC(=NCCCC(C)C)NC#N. The fourth-order valence-electron chi connectivity index (χ4n) is 1.40. The molecule has 0 heterocycles. The fraction of sp³-hybridized carbons (Fsp3) is 0.846.